The molecule has 0 fully saturated rings. The topological polar surface area (TPSA) is 0 Å². The van der Waals surface area contributed by atoms with Crippen LogP contribution in [0.4, 0.5) is 0 Å². The summed E-state index contributed by atoms with van der Waals surface area (Å²) in [5.74, 6) is 0. The monoisotopic (exact) mass is 478 g/mol. The Hall–Kier alpha value is 0.687. The molecule has 0 amide bonds. The SMILES string of the molecule is CC(CC[Si](Cl)(Cl)Cl)(c1ccc(Cl)cc1Cl)c1ccc(Cl)cc1Cl. The third-order valence-corrected chi connectivity index (χ3v) is 7.57. The van der Waals surface area contributed by atoms with Gasteiger partial charge in [0.15, 0.2) is 0 Å². The van der Waals surface area contributed by atoms with Gasteiger partial charge >= 0.3 is 6.00 Å². The van der Waals surface area contributed by atoms with Gasteiger partial charge in [0, 0.05) is 25.5 Å². The predicted octanol–water partition coefficient (Wildman–Crippen LogP) is 8.65. The molecular formula is C16H13Cl7Si. The lowest BCUT2D eigenvalue weighted by Crippen LogP contribution is -2.27. The number of benzene rings is 2. The van der Waals surface area contributed by atoms with Crippen molar-refractivity contribution in [2.45, 2.75) is 24.8 Å². The molecule has 0 saturated heterocycles. The largest absolute Gasteiger partial charge is 0.341 e. The highest BCUT2D eigenvalue weighted by Gasteiger charge is 2.37. The third-order valence-electron chi connectivity index (χ3n) is 3.96. The second-order valence-electron chi connectivity index (χ2n) is 5.70. The molecule has 24 heavy (non-hydrogen) atoms. The average Bonchev–Trinajstić information content (AvgIpc) is 2.44. The molecule has 0 N–H and O–H groups in total. The van der Waals surface area contributed by atoms with Crippen LogP contribution in [0.3, 0.4) is 0 Å². The van der Waals surface area contributed by atoms with Crippen molar-refractivity contribution in [3.05, 3.63) is 67.6 Å². The van der Waals surface area contributed by atoms with Crippen LogP contribution in [0.2, 0.25) is 26.1 Å². The number of hydrogen-bond donors (Lipinski definition) is 0. The van der Waals surface area contributed by atoms with Crippen LogP contribution in [-0.2, 0) is 5.41 Å². The molecule has 0 nitrogen and oxygen atoms in total. The molecule has 0 saturated carbocycles. The first kappa shape index (κ1) is 21.0. The van der Waals surface area contributed by atoms with Crippen molar-refractivity contribution >= 4 is 85.6 Å². The molecule has 8 heteroatoms. The summed E-state index contributed by atoms with van der Waals surface area (Å²) >= 11 is 43.3. The van der Waals surface area contributed by atoms with E-state index in [0.717, 1.165) is 11.1 Å². The number of halogens is 7. The van der Waals surface area contributed by atoms with E-state index in [2.05, 4.69) is 0 Å². The van der Waals surface area contributed by atoms with Gasteiger partial charge in [-0.15, -0.1) is 33.2 Å². The summed E-state index contributed by atoms with van der Waals surface area (Å²) in [5.41, 5.74) is 1.21. The molecule has 0 aliphatic heterocycles. The maximum atomic E-state index is 6.46. The molecule has 0 radical (unpaired) electrons. The minimum Gasteiger partial charge on any atom is -0.126 e. The van der Waals surface area contributed by atoms with Crippen LogP contribution in [-0.4, -0.2) is 6.00 Å². The average molecular weight is 482 g/mol. The van der Waals surface area contributed by atoms with E-state index in [-0.39, 0.29) is 0 Å². The maximum absolute atomic E-state index is 6.46. The van der Waals surface area contributed by atoms with Gasteiger partial charge in [0.1, 0.15) is 0 Å². The van der Waals surface area contributed by atoms with Gasteiger partial charge in [-0.2, -0.15) is 0 Å². The molecule has 2 aromatic rings. The van der Waals surface area contributed by atoms with Crippen molar-refractivity contribution in [1.29, 1.82) is 0 Å². The number of rotatable bonds is 5. The Labute approximate surface area is 177 Å². The Balaban J connectivity index is 2.60. The van der Waals surface area contributed by atoms with Crippen LogP contribution in [0.25, 0.3) is 0 Å². The molecule has 0 aliphatic carbocycles. The van der Waals surface area contributed by atoms with Gasteiger partial charge in [0.25, 0.3) is 0 Å². The van der Waals surface area contributed by atoms with Crippen molar-refractivity contribution < 1.29 is 0 Å². The summed E-state index contributed by atoms with van der Waals surface area (Å²) in [4.78, 5) is 0. The molecule has 0 aliphatic rings. The Kier molecular flexibility index (Phi) is 7.12. The van der Waals surface area contributed by atoms with E-state index in [1.54, 1.807) is 24.3 Å². The highest BCUT2D eigenvalue weighted by molar-refractivity contribution is 7.64. The van der Waals surface area contributed by atoms with Crippen LogP contribution < -0.4 is 0 Å². The summed E-state index contributed by atoms with van der Waals surface area (Å²) in [6.45, 7) is 2.03. The quantitative estimate of drug-likeness (QED) is 0.296. The van der Waals surface area contributed by atoms with E-state index in [4.69, 9.17) is 79.6 Å². The second kappa shape index (κ2) is 8.15. The summed E-state index contributed by atoms with van der Waals surface area (Å²) in [5, 5.41) is 2.21. The number of hydrogen-bond acceptors (Lipinski definition) is 0. The molecule has 130 valence electrons. The smallest absolute Gasteiger partial charge is 0.126 e. The van der Waals surface area contributed by atoms with Crippen LogP contribution in [0.1, 0.15) is 24.5 Å². The standard InChI is InChI=1S/C16H13Cl7Si/c1-16(6-7-24(21,22)23,12-4-2-10(17)8-14(12)19)13-5-3-11(18)9-15(13)20/h2-5,8-9H,6-7H2,1H3. The van der Waals surface area contributed by atoms with Gasteiger partial charge in [0.2, 0.25) is 0 Å². The predicted molar refractivity (Wildman–Crippen MR) is 112 cm³/mol. The first-order valence-electron chi connectivity index (χ1n) is 7.01. The second-order valence-corrected chi connectivity index (χ2v) is 16.7. The molecule has 0 aromatic heterocycles. The van der Waals surface area contributed by atoms with E-state index >= 15 is 0 Å². The summed E-state index contributed by atoms with van der Waals surface area (Å²) < 4.78 is 0. The summed E-state index contributed by atoms with van der Waals surface area (Å²) in [6, 6.07) is 8.40. The van der Waals surface area contributed by atoms with Crippen molar-refractivity contribution in [3.8, 4) is 0 Å². The Morgan fingerprint density at radius 1 is 0.792 bits per heavy atom. The van der Waals surface area contributed by atoms with Crippen LogP contribution in [0, 0.1) is 0 Å². The fraction of sp³-hybridized carbons (Fsp3) is 0.250. The van der Waals surface area contributed by atoms with Crippen molar-refractivity contribution in [2.75, 3.05) is 0 Å². The Morgan fingerprint density at radius 3 is 1.54 bits per heavy atom. The first-order valence-corrected chi connectivity index (χ1v) is 13.8. The van der Waals surface area contributed by atoms with Crippen LogP contribution in [0.5, 0.6) is 0 Å². The fourth-order valence-corrected chi connectivity index (χ4v) is 5.55. The summed E-state index contributed by atoms with van der Waals surface area (Å²) in [6.07, 6.45) is 0.582. The van der Waals surface area contributed by atoms with Crippen molar-refractivity contribution in [2.24, 2.45) is 0 Å². The Bertz CT molecular complexity index is 688. The van der Waals surface area contributed by atoms with Gasteiger partial charge in [-0.1, -0.05) is 65.5 Å². The minimum absolute atomic E-state index is 0.464. The molecule has 2 aromatic carbocycles. The van der Waals surface area contributed by atoms with E-state index in [1.807, 2.05) is 19.1 Å². The van der Waals surface area contributed by atoms with Gasteiger partial charge in [-0.3, -0.25) is 0 Å². The zero-order valence-electron chi connectivity index (χ0n) is 12.5. The molecule has 0 unspecified atom stereocenters. The lowest BCUT2D eigenvalue weighted by Gasteiger charge is -2.33. The molecule has 0 atom stereocenters. The lowest BCUT2D eigenvalue weighted by molar-refractivity contribution is 0.549. The zero-order valence-corrected chi connectivity index (χ0v) is 18.8. The minimum atomic E-state index is -2.81. The van der Waals surface area contributed by atoms with Gasteiger partial charge < -0.3 is 0 Å². The summed E-state index contributed by atoms with van der Waals surface area (Å²) in [7, 11) is 0. The first-order chi connectivity index (χ1) is 11.0. The van der Waals surface area contributed by atoms with Gasteiger partial charge in [-0.05, 0) is 47.9 Å². The highest BCUT2D eigenvalue weighted by atomic mass is 35.8. The van der Waals surface area contributed by atoms with Gasteiger partial charge in [-0.25, -0.2) is 0 Å². The van der Waals surface area contributed by atoms with E-state index in [9.17, 15) is 0 Å². The third kappa shape index (κ3) is 5.11. The van der Waals surface area contributed by atoms with E-state index in [1.165, 1.54) is 0 Å². The normalized spacial score (nSPS) is 12.5. The molecule has 0 heterocycles. The zero-order chi connectivity index (χ0) is 18.1. The van der Waals surface area contributed by atoms with Crippen molar-refractivity contribution in [3.63, 3.8) is 0 Å². The fourth-order valence-electron chi connectivity index (χ4n) is 2.68. The van der Waals surface area contributed by atoms with E-state index < -0.39 is 11.4 Å². The van der Waals surface area contributed by atoms with Gasteiger partial charge in [0.05, 0.1) is 0 Å². The molecular weight excluding hydrogens is 468 g/mol. The van der Waals surface area contributed by atoms with Crippen LogP contribution >= 0.6 is 79.6 Å². The Morgan fingerprint density at radius 2 is 1.21 bits per heavy atom. The molecule has 0 spiro atoms. The van der Waals surface area contributed by atoms with E-state index in [0.29, 0.717) is 32.6 Å². The van der Waals surface area contributed by atoms with Crippen molar-refractivity contribution in [1.82, 2.24) is 0 Å². The molecule has 0 bridgehead atoms. The molecule has 2 rings (SSSR count). The maximum Gasteiger partial charge on any atom is 0.341 e. The lowest BCUT2D eigenvalue weighted by atomic mass is 9.74. The van der Waals surface area contributed by atoms with Crippen LogP contribution in [0.15, 0.2) is 36.4 Å². The highest BCUT2D eigenvalue weighted by Crippen LogP contribution is 2.46.